The fourth-order valence-corrected chi connectivity index (χ4v) is 4.29. The van der Waals surface area contributed by atoms with E-state index in [1.807, 2.05) is 18.3 Å². The molecule has 1 aliphatic heterocycles. The van der Waals surface area contributed by atoms with E-state index in [0.717, 1.165) is 31.7 Å². The molecule has 6 nitrogen and oxygen atoms in total. The molecule has 0 bridgehead atoms. The topological polar surface area (TPSA) is 46.5 Å². The van der Waals surface area contributed by atoms with Crippen molar-refractivity contribution in [2.75, 3.05) is 47.5 Å². The first-order valence-electron chi connectivity index (χ1n) is 11.2. The van der Waals surface area contributed by atoms with Gasteiger partial charge in [-0.05, 0) is 23.3 Å². The molecule has 0 amide bonds. The molecule has 0 aromatic heterocycles. The maximum absolute atomic E-state index is 5.45. The summed E-state index contributed by atoms with van der Waals surface area (Å²) in [5, 5.41) is 6.85. The predicted octanol–water partition coefficient (Wildman–Crippen LogP) is 4.45. The summed E-state index contributed by atoms with van der Waals surface area (Å²) in [6, 6.07) is 25.5. The van der Waals surface area contributed by atoms with Crippen LogP contribution in [0.3, 0.4) is 0 Å². The third-order valence-corrected chi connectivity index (χ3v) is 5.94. The van der Waals surface area contributed by atoms with Crippen LogP contribution in [-0.2, 0) is 0 Å². The van der Waals surface area contributed by atoms with Gasteiger partial charge in [-0.25, -0.2) is 0 Å². The van der Waals surface area contributed by atoms with E-state index >= 15 is 0 Å². The van der Waals surface area contributed by atoms with Crippen LogP contribution < -0.4 is 14.2 Å². The third-order valence-electron chi connectivity index (χ3n) is 5.94. The molecule has 3 aromatic rings. The van der Waals surface area contributed by atoms with Gasteiger partial charge in [-0.3, -0.25) is 9.91 Å². The zero-order valence-electron chi connectivity index (χ0n) is 19.5. The van der Waals surface area contributed by atoms with Crippen LogP contribution in [-0.4, -0.2) is 63.6 Å². The van der Waals surface area contributed by atoms with Gasteiger partial charge in [0.25, 0.3) is 0 Å². The van der Waals surface area contributed by atoms with Crippen molar-refractivity contribution in [2.24, 2.45) is 5.10 Å². The second-order valence-electron chi connectivity index (χ2n) is 7.92. The first-order chi connectivity index (χ1) is 16.2. The monoisotopic (exact) mass is 445 g/mol. The number of hydrogen-bond donors (Lipinski definition) is 0. The third kappa shape index (κ3) is 5.29. The maximum Gasteiger partial charge on any atom is 0.203 e. The highest BCUT2D eigenvalue weighted by molar-refractivity contribution is 5.82. The Hall–Kier alpha value is -3.51. The lowest BCUT2D eigenvalue weighted by molar-refractivity contribution is 0.113. The minimum Gasteiger partial charge on any atom is -0.493 e. The number of rotatable bonds is 8. The standard InChI is InChI=1S/C27H31N3O3/c1-31-24-18-21(19-25(32-2)27(24)33-3)20-28-30-16-14-29(15-17-30)26(22-10-6-4-7-11-22)23-12-8-5-9-13-23/h4-13,18-20,26H,14-17H2,1-3H3/b28-20+. The Morgan fingerprint density at radius 3 is 1.70 bits per heavy atom. The first kappa shape index (κ1) is 22.7. The molecule has 4 rings (SSSR count). The zero-order chi connectivity index (χ0) is 23.0. The fraction of sp³-hybridized carbons (Fsp3) is 0.296. The minimum absolute atomic E-state index is 0.244. The van der Waals surface area contributed by atoms with E-state index in [0.29, 0.717) is 17.2 Å². The van der Waals surface area contributed by atoms with Gasteiger partial charge in [-0.2, -0.15) is 5.10 Å². The molecule has 0 atom stereocenters. The molecule has 1 aliphatic rings. The molecular formula is C27H31N3O3. The Morgan fingerprint density at radius 1 is 0.727 bits per heavy atom. The van der Waals surface area contributed by atoms with E-state index < -0.39 is 0 Å². The Labute approximate surface area is 196 Å². The average molecular weight is 446 g/mol. The number of ether oxygens (including phenoxy) is 3. The molecule has 33 heavy (non-hydrogen) atoms. The molecule has 0 N–H and O–H groups in total. The van der Waals surface area contributed by atoms with E-state index in [9.17, 15) is 0 Å². The number of hydrazone groups is 1. The smallest absolute Gasteiger partial charge is 0.203 e. The SMILES string of the molecule is COc1cc(/C=N/N2CCN(C(c3ccccc3)c3ccccc3)CC2)cc(OC)c1OC. The van der Waals surface area contributed by atoms with Crippen molar-refractivity contribution in [1.82, 2.24) is 9.91 Å². The lowest BCUT2D eigenvalue weighted by Gasteiger charge is -2.38. The van der Waals surface area contributed by atoms with Gasteiger partial charge in [0.05, 0.1) is 33.6 Å². The average Bonchev–Trinajstić information content (AvgIpc) is 2.89. The van der Waals surface area contributed by atoms with Crippen molar-refractivity contribution in [2.45, 2.75) is 6.04 Å². The van der Waals surface area contributed by atoms with E-state index in [1.165, 1.54) is 11.1 Å². The lowest BCUT2D eigenvalue weighted by Crippen LogP contribution is -2.45. The highest BCUT2D eigenvalue weighted by Gasteiger charge is 2.25. The quantitative estimate of drug-likeness (QED) is 0.480. The summed E-state index contributed by atoms with van der Waals surface area (Å²) < 4.78 is 16.3. The van der Waals surface area contributed by atoms with Gasteiger partial charge in [0.2, 0.25) is 5.75 Å². The van der Waals surface area contributed by atoms with Crippen LogP contribution in [0.15, 0.2) is 77.9 Å². The van der Waals surface area contributed by atoms with Crippen molar-refractivity contribution >= 4 is 6.21 Å². The fourth-order valence-electron chi connectivity index (χ4n) is 4.29. The van der Waals surface area contributed by atoms with E-state index in [4.69, 9.17) is 19.3 Å². The second-order valence-corrected chi connectivity index (χ2v) is 7.92. The molecule has 172 valence electrons. The molecule has 1 heterocycles. The summed E-state index contributed by atoms with van der Waals surface area (Å²) in [7, 11) is 4.84. The summed E-state index contributed by atoms with van der Waals surface area (Å²) in [5.74, 6) is 1.83. The zero-order valence-corrected chi connectivity index (χ0v) is 19.5. The molecule has 0 spiro atoms. The highest BCUT2D eigenvalue weighted by Crippen LogP contribution is 2.37. The molecule has 0 aliphatic carbocycles. The first-order valence-corrected chi connectivity index (χ1v) is 11.2. The highest BCUT2D eigenvalue weighted by atomic mass is 16.5. The maximum atomic E-state index is 5.45. The van der Waals surface area contributed by atoms with Gasteiger partial charge < -0.3 is 14.2 Å². The van der Waals surface area contributed by atoms with E-state index in [-0.39, 0.29) is 6.04 Å². The van der Waals surface area contributed by atoms with Crippen molar-refractivity contribution in [3.63, 3.8) is 0 Å². The van der Waals surface area contributed by atoms with Gasteiger partial charge in [-0.15, -0.1) is 0 Å². The summed E-state index contributed by atoms with van der Waals surface area (Å²) in [4.78, 5) is 2.54. The molecule has 1 fully saturated rings. The second kappa shape index (κ2) is 10.9. The Bertz CT molecular complexity index is 984. The van der Waals surface area contributed by atoms with Gasteiger partial charge >= 0.3 is 0 Å². The number of hydrogen-bond acceptors (Lipinski definition) is 6. The number of methoxy groups -OCH3 is 3. The van der Waals surface area contributed by atoms with Crippen LogP contribution in [0.4, 0.5) is 0 Å². The van der Waals surface area contributed by atoms with Crippen LogP contribution in [0.2, 0.25) is 0 Å². The molecule has 0 radical (unpaired) electrons. The minimum atomic E-state index is 0.244. The molecule has 1 saturated heterocycles. The van der Waals surface area contributed by atoms with E-state index in [1.54, 1.807) is 21.3 Å². The van der Waals surface area contributed by atoms with Crippen LogP contribution in [0, 0.1) is 0 Å². The van der Waals surface area contributed by atoms with E-state index in [2.05, 4.69) is 70.6 Å². The van der Waals surface area contributed by atoms with Crippen LogP contribution in [0.5, 0.6) is 17.2 Å². The summed E-state index contributed by atoms with van der Waals surface area (Å²) in [5.41, 5.74) is 3.54. The number of benzene rings is 3. The Balaban J connectivity index is 1.47. The molecule has 3 aromatic carbocycles. The van der Waals surface area contributed by atoms with Gasteiger partial charge in [-0.1, -0.05) is 60.7 Å². The number of nitrogens with zero attached hydrogens (tertiary/aromatic N) is 3. The summed E-state index contributed by atoms with van der Waals surface area (Å²) in [6.07, 6.45) is 1.85. The van der Waals surface area contributed by atoms with Gasteiger partial charge in [0, 0.05) is 31.7 Å². The summed E-state index contributed by atoms with van der Waals surface area (Å²) >= 11 is 0. The Morgan fingerprint density at radius 2 is 1.24 bits per heavy atom. The van der Waals surface area contributed by atoms with Crippen LogP contribution >= 0.6 is 0 Å². The molecule has 0 unspecified atom stereocenters. The normalized spacial score (nSPS) is 14.6. The molecule has 0 saturated carbocycles. The van der Waals surface area contributed by atoms with Crippen molar-refractivity contribution in [3.8, 4) is 17.2 Å². The summed E-state index contributed by atoms with van der Waals surface area (Å²) in [6.45, 7) is 3.58. The van der Waals surface area contributed by atoms with Crippen molar-refractivity contribution in [3.05, 3.63) is 89.5 Å². The number of piperazine rings is 1. The molecular weight excluding hydrogens is 414 g/mol. The largest absolute Gasteiger partial charge is 0.493 e. The van der Waals surface area contributed by atoms with Gasteiger partial charge in [0.15, 0.2) is 11.5 Å². The predicted molar refractivity (Wildman–Crippen MR) is 132 cm³/mol. The Kier molecular flexibility index (Phi) is 7.47. The van der Waals surface area contributed by atoms with Crippen molar-refractivity contribution < 1.29 is 14.2 Å². The van der Waals surface area contributed by atoms with Gasteiger partial charge in [0.1, 0.15) is 0 Å². The van der Waals surface area contributed by atoms with Crippen LogP contribution in [0.25, 0.3) is 0 Å². The lowest BCUT2D eigenvalue weighted by atomic mass is 9.96. The van der Waals surface area contributed by atoms with Crippen molar-refractivity contribution in [1.29, 1.82) is 0 Å². The molecule has 6 heteroatoms. The van der Waals surface area contributed by atoms with Crippen LogP contribution in [0.1, 0.15) is 22.7 Å².